The molecule has 4 heteroatoms. The minimum atomic E-state index is 0.628. The molecule has 0 radical (unpaired) electrons. The normalized spacial score (nSPS) is 10.8. The van der Waals surface area contributed by atoms with Gasteiger partial charge in [-0.2, -0.15) is 0 Å². The summed E-state index contributed by atoms with van der Waals surface area (Å²) in [6, 6.07) is 3.74. The first-order chi connectivity index (χ1) is 8.80. The van der Waals surface area contributed by atoms with E-state index < -0.39 is 0 Å². The molecule has 0 aliphatic rings. The molecule has 2 aromatic rings. The number of hydrogen-bond acceptors (Lipinski definition) is 4. The molecule has 0 bridgehead atoms. The molecule has 2 rings (SSSR count). The van der Waals surface area contributed by atoms with Crippen LogP contribution in [0.2, 0.25) is 0 Å². The highest BCUT2D eigenvalue weighted by molar-refractivity contribution is 5.48. The van der Waals surface area contributed by atoms with Gasteiger partial charge >= 0.3 is 0 Å². The summed E-state index contributed by atoms with van der Waals surface area (Å²) in [5.74, 6) is 1.40. The highest BCUT2D eigenvalue weighted by Crippen LogP contribution is 2.21. The molecule has 0 aromatic carbocycles. The van der Waals surface area contributed by atoms with Crippen LogP contribution in [0.15, 0.2) is 22.8 Å². The average Bonchev–Trinajstić information content (AvgIpc) is 2.93. The van der Waals surface area contributed by atoms with E-state index in [9.17, 15) is 0 Å². The van der Waals surface area contributed by atoms with Gasteiger partial charge in [-0.25, -0.2) is 9.97 Å². The maximum absolute atomic E-state index is 5.67. The van der Waals surface area contributed by atoms with Gasteiger partial charge in [0, 0.05) is 11.4 Å². The van der Waals surface area contributed by atoms with Crippen LogP contribution in [0.5, 0.6) is 0 Å². The molecule has 0 aliphatic heterocycles. The van der Waals surface area contributed by atoms with Crippen LogP contribution >= 0.6 is 0 Å². The maximum Gasteiger partial charge on any atom is 0.196 e. The van der Waals surface area contributed by atoms with Crippen LogP contribution in [0.1, 0.15) is 30.8 Å². The quantitative estimate of drug-likeness (QED) is 0.878. The number of aryl methyl sites for hydroxylation is 2. The molecule has 0 saturated carbocycles. The summed E-state index contributed by atoms with van der Waals surface area (Å²) >= 11 is 0. The van der Waals surface area contributed by atoms with Crippen LogP contribution in [-0.2, 0) is 19.3 Å². The van der Waals surface area contributed by atoms with E-state index in [-0.39, 0.29) is 0 Å². The Labute approximate surface area is 107 Å². The molecule has 18 heavy (non-hydrogen) atoms. The maximum atomic E-state index is 5.67. The van der Waals surface area contributed by atoms with Gasteiger partial charge in [-0.3, -0.25) is 0 Å². The van der Waals surface area contributed by atoms with Crippen molar-refractivity contribution < 1.29 is 4.42 Å². The molecule has 0 spiro atoms. The van der Waals surface area contributed by atoms with Crippen molar-refractivity contribution in [2.75, 3.05) is 6.54 Å². The first-order valence-electron chi connectivity index (χ1n) is 6.42. The van der Waals surface area contributed by atoms with Crippen LogP contribution < -0.4 is 5.73 Å². The van der Waals surface area contributed by atoms with Crippen molar-refractivity contribution in [2.24, 2.45) is 5.73 Å². The molecular formula is C14H19N3O. The van der Waals surface area contributed by atoms with E-state index in [4.69, 9.17) is 10.2 Å². The van der Waals surface area contributed by atoms with Gasteiger partial charge in [0.05, 0.1) is 6.26 Å². The minimum Gasteiger partial charge on any atom is -0.461 e. The Kier molecular flexibility index (Phi) is 4.10. The molecule has 0 fully saturated rings. The topological polar surface area (TPSA) is 64.9 Å². The fourth-order valence-corrected chi connectivity index (χ4v) is 2.12. The summed E-state index contributed by atoms with van der Waals surface area (Å²) in [4.78, 5) is 9.20. The Morgan fingerprint density at radius 3 is 2.28 bits per heavy atom. The highest BCUT2D eigenvalue weighted by Gasteiger charge is 2.13. The molecule has 0 atom stereocenters. The summed E-state index contributed by atoms with van der Waals surface area (Å²) in [6.45, 7) is 4.84. The number of hydrogen-bond donors (Lipinski definition) is 1. The molecule has 96 valence electrons. The molecule has 2 aromatic heterocycles. The van der Waals surface area contributed by atoms with E-state index in [1.165, 1.54) is 5.56 Å². The molecule has 2 heterocycles. The van der Waals surface area contributed by atoms with Gasteiger partial charge in [0.25, 0.3) is 0 Å². The van der Waals surface area contributed by atoms with E-state index in [1.54, 1.807) is 6.26 Å². The minimum absolute atomic E-state index is 0.628. The standard InChI is InChI=1S/C14H19N3O/c1-3-11-10(7-8-15)12(4-2)17-14(16-11)13-6-5-9-18-13/h5-6,9H,3-4,7-8,15H2,1-2H3. The lowest BCUT2D eigenvalue weighted by atomic mass is 10.0. The van der Waals surface area contributed by atoms with Crippen LogP contribution in [0.3, 0.4) is 0 Å². The Bertz CT molecular complexity index is 481. The number of nitrogens with zero attached hydrogens (tertiary/aromatic N) is 2. The van der Waals surface area contributed by atoms with E-state index >= 15 is 0 Å². The van der Waals surface area contributed by atoms with Crippen molar-refractivity contribution in [3.05, 3.63) is 35.3 Å². The smallest absolute Gasteiger partial charge is 0.196 e. The van der Waals surface area contributed by atoms with Gasteiger partial charge in [0.15, 0.2) is 11.6 Å². The van der Waals surface area contributed by atoms with Crippen LogP contribution in [0, 0.1) is 0 Å². The number of rotatable bonds is 5. The summed E-state index contributed by atoms with van der Waals surface area (Å²) in [5.41, 5.74) is 9.04. The van der Waals surface area contributed by atoms with Crippen molar-refractivity contribution in [1.29, 1.82) is 0 Å². The third-order valence-electron chi connectivity index (χ3n) is 2.98. The average molecular weight is 245 g/mol. The van der Waals surface area contributed by atoms with Gasteiger partial charge in [-0.1, -0.05) is 13.8 Å². The van der Waals surface area contributed by atoms with Gasteiger partial charge in [0.1, 0.15) is 0 Å². The molecule has 0 amide bonds. The lowest BCUT2D eigenvalue weighted by Crippen LogP contribution is -2.12. The molecule has 0 aliphatic carbocycles. The van der Waals surface area contributed by atoms with Crippen molar-refractivity contribution in [3.63, 3.8) is 0 Å². The third-order valence-corrected chi connectivity index (χ3v) is 2.98. The van der Waals surface area contributed by atoms with Gasteiger partial charge in [-0.15, -0.1) is 0 Å². The molecule has 0 saturated heterocycles. The Hall–Kier alpha value is -1.68. The van der Waals surface area contributed by atoms with E-state index in [2.05, 4.69) is 23.8 Å². The Morgan fingerprint density at radius 2 is 1.83 bits per heavy atom. The highest BCUT2D eigenvalue weighted by atomic mass is 16.3. The van der Waals surface area contributed by atoms with Crippen LogP contribution in [0.25, 0.3) is 11.6 Å². The second-order valence-corrected chi connectivity index (χ2v) is 4.14. The Morgan fingerprint density at radius 1 is 1.17 bits per heavy atom. The second kappa shape index (κ2) is 5.78. The monoisotopic (exact) mass is 245 g/mol. The van der Waals surface area contributed by atoms with Crippen molar-refractivity contribution >= 4 is 0 Å². The van der Waals surface area contributed by atoms with Gasteiger partial charge in [0.2, 0.25) is 0 Å². The molecule has 4 nitrogen and oxygen atoms in total. The number of furan rings is 1. The van der Waals surface area contributed by atoms with Crippen molar-refractivity contribution in [2.45, 2.75) is 33.1 Å². The van der Waals surface area contributed by atoms with Crippen LogP contribution in [-0.4, -0.2) is 16.5 Å². The van der Waals surface area contributed by atoms with Crippen molar-refractivity contribution in [1.82, 2.24) is 9.97 Å². The zero-order chi connectivity index (χ0) is 13.0. The van der Waals surface area contributed by atoms with E-state index in [0.29, 0.717) is 12.4 Å². The van der Waals surface area contributed by atoms with Crippen LogP contribution in [0.4, 0.5) is 0 Å². The third kappa shape index (κ3) is 2.43. The lowest BCUT2D eigenvalue weighted by Gasteiger charge is -2.12. The Balaban J connectivity index is 2.52. The number of nitrogens with two attached hydrogens (primary N) is 1. The largest absolute Gasteiger partial charge is 0.461 e. The SMILES string of the molecule is CCc1nc(-c2ccco2)nc(CC)c1CCN. The first kappa shape index (κ1) is 12.8. The first-order valence-corrected chi connectivity index (χ1v) is 6.42. The predicted molar refractivity (Wildman–Crippen MR) is 71.2 cm³/mol. The van der Waals surface area contributed by atoms with Gasteiger partial charge in [-0.05, 0) is 43.5 Å². The fraction of sp³-hybridized carbons (Fsp3) is 0.429. The summed E-state index contributed by atoms with van der Waals surface area (Å²) in [5, 5.41) is 0. The molecule has 0 unspecified atom stereocenters. The fourth-order valence-electron chi connectivity index (χ4n) is 2.12. The number of aromatic nitrogens is 2. The lowest BCUT2D eigenvalue weighted by molar-refractivity contribution is 0.575. The summed E-state index contributed by atoms with van der Waals surface area (Å²) in [6.07, 6.45) is 4.26. The van der Waals surface area contributed by atoms with Crippen molar-refractivity contribution in [3.8, 4) is 11.6 Å². The van der Waals surface area contributed by atoms with E-state index in [0.717, 1.165) is 36.4 Å². The summed E-state index contributed by atoms with van der Waals surface area (Å²) < 4.78 is 5.37. The zero-order valence-electron chi connectivity index (χ0n) is 10.9. The predicted octanol–water partition coefficient (Wildman–Crippen LogP) is 2.36. The zero-order valence-corrected chi connectivity index (χ0v) is 10.9. The summed E-state index contributed by atoms with van der Waals surface area (Å²) in [7, 11) is 0. The van der Waals surface area contributed by atoms with E-state index in [1.807, 2.05) is 12.1 Å². The molecular weight excluding hydrogens is 226 g/mol. The second-order valence-electron chi connectivity index (χ2n) is 4.14. The van der Waals surface area contributed by atoms with Gasteiger partial charge < -0.3 is 10.2 Å². The molecule has 2 N–H and O–H groups in total.